The number of anilines is 2. The summed E-state index contributed by atoms with van der Waals surface area (Å²) >= 11 is 9.31. The highest BCUT2D eigenvalue weighted by atomic mass is 35.5. The highest BCUT2D eigenvalue weighted by Crippen LogP contribution is 2.51. The van der Waals surface area contributed by atoms with Gasteiger partial charge in [-0.05, 0) is 80.6 Å². The van der Waals surface area contributed by atoms with Crippen LogP contribution in [0.1, 0.15) is 18.1 Å². The van der Waals surface area contributed by atoms with Crippen LogP contribution in [0.2, 0.25) is 5.02 Å². The molecular formula is C26H22ClN3OS2. The highest BCUT2D eigenvalue weighted by Gasteiger charge is 2.40. The van der Waals surface area contributed by atoms with Gasteiger partial charge in [0.25, 0.3) is 5.91 Å². The maximum Gasteiger partial charge on any atom is 0.274 e. The van der Waals surface area contributed by atoms with Crippen molar-refractivity contribution in [2.24, 2.45) is 4.99 Å². The monoisotopic (exact) mass is 491 g/mol. The van der Waals surface area contributed by atoms with Crippen LogP contribution in [-0.4, -0.2) is 17.6 Å². The first-order valence-corrected chi connectivity index (χ1v) is 12.7. The van der Waals surface area contributed by atoms with Gasteiger partial charge in [0, 0.05) is 16.5 Å². The van der Waals surface area contributed by atoms with E-state index in [0.717, 1.165) is 39.1 Å². The molecule has 0 N–H and O–H groups in total. The first-order chi connectivity index (χ1) is 15.9. The largest absolute Gasteiger partial charge is 0.334 e. The number of fused-ring (bicyclic) bond motifs is 1. The molecule has 0 unspecified atom stereocenters. The lowest BCUT2D eigenvalue weighted by Gasteiger charge is -2.19. The van der Waals surface area contributed by atoms with Gasteiger partial charge in [-0.1, -0.05) is 53.2 Å². The molecule has 3 aromatic rings. The van der Waals surface area contributed by atoms with Crippen LogP contribution >= 0.6 is 35.1 Å². The van der Waals surface area contributed by atoms with E-state index in [-0.39, 0.29) is 5.91 Å². The highest BCUT2D eigenvalue weighted by molar-refractivity contribution is 8.20. The van der Waals surface area contributed by atoms with Gasteiger partial charge in [0.05, 0.1) is 17.1 Å². The first kappa shape index (κ1) is 22.1. The number of amides is 1. The fraction of sp³-hybridized carbons (Fsp3) is 0.154. The van der Waals surface area contributed by atoms with Crippen molar-refractivity contribution >= 4 is 63.3 Å². The molecule has 3 aromatic carbocycles. The van der Waals surface area contributed by atoms with E-state index < -0.39 is 0 Å². The molecule has 1 fully saturated rings. The Morgan fingerprint density at radius 3 is 2.45 bits per heavy atom. The molecule has 0 spiro atoms. The van der Waals surface area contributed by atoms with Crippen LogP contribution in [0.4, 0.5) is 17.1 Å². The lowest BCUT2D eigenvalue weighted by molar-refractivity contribution is -0.113. The molecule has 0 aromatic heterocycles. The average molecular weight is 492 g/mol. The molecule has 166 valence electrons. The standard InChI is InChI=1S/C26H22ClN3OS2/c1-4-29-21-15-18(27)10-13-22(21)32-25(29)23-24(31)30(20-7-5-6-17(3)14-20)26(33-23)28-19-11-8-16(2)9-12-19/h5-15H,4H2,1-3H3/b25-23-,28-26?. The number of hydrogen-bond donors (Lipinski definition) is 0. The molecule has 0 bridgehead atoms. The number of thioether (sulfide) groups is 2. The third kappa shape index (κ3) is 4.19. The number of rotatable bonds is 3. The van der Waals surface area contributed by atoms with Gasteiger partial charge in [0.15, 0.2) is 5.17 Å². The van der Waals surface area contributed by atoms with E-state index >= 15 is 0 Å². The fourth-order valence-electron chi connectivity index (χ4n) is 3.84. The predicted octanol–water partition coefficient (Wildman–Crippen LogP) is 7.53. The first-order valence-electron chi connectivity index (χ1n) is 10.7. The van der Waals surface area contributed by atoms with Crippen LogP contribution in [0, 0.1) is 13.8 Å². The zero-order valence-corrected chi connectivity index (χ0v) is 20.9. The Morgan fingerprint density at radius 1 is 0.939 bits per heavy atom. The molecule has 1 amide bonds. The van der Waals surface area contributed by atoms with Gasteiger partial charge in [-0.25, -0.2) is 4.99 Å². The van der Waals surface area contributed by atoms with Crippen molar-refractivity contribution in [1.29, 1.82) is 0 Å². The summed E-state index contributed by atoms with van der Waals surface area (Å²) in [5.74, 6) is -0.0590. The summed E-state index contributed by atoms with van der Waals surface area (Å²) in [5.41, 5.74) is 4.94. The van der Waals surface area contributed by atoms with Gasteiger partial charge in [0.2, 0.25) is 0 Å². The Morgan fingerprint density at radius 2 is 1.73 bits per heavy atom. The Hall–Kier alpha value is -2.67. The number of hydrogen-bond acceptors (Lipinski definition) is 5. The van der Waals surface area contributed by atoms with Crippen molar-refractivity contribution in [3.63, 3.8) is 0 Å². The molecule has 0 atom stereocenters. The van der Waals surface area contributed by atoms with E-state index in [2.05, 4.69) is 11.8 Å². The lowest BCUT2D eigenvalue weighted by atomic mass is 10.2. The topological polar surface area (TPSA) is 35.9 Å². The molecule has 1 saturated heterocycles. The number of benzene rings is 3. The quantitative estimate of drug-likeness (QED) is 0.355. The minimum absolute atomic E-state index is 0.0590. The molecule has 7 heteroatoms. The van der Waals surface area contributed by atoms with Gasteiger partial charge in [-0.15, -0.1) is 0 Å². The van der Waals surface area contributed by atoms with Gasteiger partial charge in [-0.3, -0.25) is 9.69 Å². The molecule has 4 nitrogen and oxygen atoms in total. The van der Waals surface area contributed by atoms with Crippen molar-refractivity contribution < 1.29 is 4.79 Å². The van der Waals surface area contributed by atoms with E-state index in [1.165, 1.54) is 17.3 Å². The number of nitrogens with zero attached hydrogens (tertiary/aromatic N) is 3. The minimum Gasteiger partial charge on any atom is -0.334 e. The van der Waals surface area contributed by atoms with Crippen LogP contribution in [0.3, 0.4) is 0 Å². The number of aliphatic imine (C=N–C) groups is 1. The van der Waals surface area contributed by atoms with E-state index in [1.54, 1.807) is 16.7 Å². The number of aryl methyl sites for hydroxylation is 2. The third-order valence-electron chi connectivity index (χ3n) is 5.47. The summed E-state index contributed by atoms with van der Waals surface area (Å²) in [6.07, 6.45) is 0. The lowest BCUT2D eigenvalue weighted by Crippen LogP contribution is -2.29. The second-order valence-electron chi connectivity index (χ2n) is 7.90. The van der Waals surface area contributed by atoms with Crippen LogP contribution in [0.25, 0.3) is 0 Å². The zero-order valence-electron chi connectivity index (χ0n) is 18.5. The molecule has 2 heterocycles. The van der Waals surface area contributed by atoms with Gasteiger partial charge >= 0.3 is 0 Å². The normalized spacial score (nSPS) is 19.0. The van der Waals surface area contributed by atoms with Crippen LogP contribution < -0.4 is 9.80 Å². The van der Waals surface area contributed by atoms with Crippen LogP contribution in [-0.2, 0) is 4.79 Å². The number of carbonyl (C=O) groups excluding carboxylic acids is 1. The van der Waals surface area contributed by atoms with Gasteiger partial charge in [-0.2, -0.15) is 0 Å². The molecule has 0 aliphatic carbocycles. The maximum atomic E-state index is 13.8. The number of amidine groups is 1. The Balaban J connectivity index is 1.63. The van der Waals surface area contributed by atoms with Crippen molar-refractivity contribution in [3.8, 4) is 0 Å². The van der Waals surface area contributed by atoms with E-state index in [4.69, 9.17) is 16.6 Å². The summed E-state index contributed by atoms with van der Waals surface area (Å²) in [7, 11) is 0. The summed E-state index contributed by atoms with van der Waals surface area (Å²) < 4.78 is 0. The van der Waals surface area contributed by atoms with Crippen molar-refractivity contribution in [2.45, 2.75) is 25.7 Å². The smallest absolute Gasteiger partial charge is 0.274 e. The molecule has 0 saturated carbocycles. The number of halogens is 1. The molecule has 2 aliphatic heterocycles. The Labute approximate surface area is 207 Å². The van der Waals surface area contributed by atoms with Crippen molar-refractivity contribution in [1.82, 2.24) is 0 Å². The van der Waals surface area contributed by atoms with Crippen molar-refractivity contribution in [2.75, 3.05) is 16.3 Å². The molecule has 2 aliphatic rings. The SMILES string of the molecule is CCN1/C(=C2/SC(=Nc3ccc(C)cc3)N(c3cccc(C)c3)C2=O)Sc2ccc(Cl)cc21. The molecule has 0 radical (unpaired) electrons. The van der Waals surface area contributed by atoms with Gasteiger partial charge in [0.1, 0.15) is 9.93 Å². The summed E-state index contributed by atoms with van der Waals surface area (Å²) in [5, 5.41) is 2.27. The Bertz CT molecular complexity index is 1320. The average Bonchev–Trinajstić information content (AvgIpc) is 3.31. The summed E-state index contributed by atoms with van der Waals surface area (Å²) in [6.45, 7) is 6.90. The van der Waals surface area contributed by atoms with E-state index in [1.807, 2.05) is 80.6 Å². The Kier molecular flexibility index (Phi) is 5.99. The van der Waals surface area contributed by atoms with E-state index in [0.29, 0.717) is 15.1 Å². The van der Waals surface area contributed by atoms with Crippen molar-refractivity contribution in [3.05, 3.63) is 92.8 Å². The third-order valence-corrected chi connectivity index (χ3v) is 8.05. The summed E-state index contributed by atoms with van der Waals surface area (Å²) in [6, 6.07) is 21.9. The summed E-state index contributed by atoms with van der Waals surface area (Å²) in [4.78, 5) is 24.4. The molecular weight excluding hydrogens is 470 g/mol. The molecule has 5 rings (SSSR count). The van der Waals surface area contributed by atoms with Crippen LogP contribution in [0.5, 0.6) is 0 Å². The van der Waals surface area contributed by atoms with E-state index in [9.17, 15) is 4.79 Å². The predicted molar refractivity (Wildman–Crippen MR) is 142 cm³/mol. The zero-order chi connectivity index (χ0) is 23.1. The second-order valence-corrected chi connectivity index (χ2v) is 10.3. The fourth-order valence-corrected chi connectivity index (χ4v) is 6.38. The number of carbonyl (C=O) groups is 1. The van der Waals surface area contributed by atoms with Crippen LogP contribution in [0.15, 0.2) is 86.6 Å². The molecule has 33 heavy (non-hydrogen) atoms. The maximum absolute atomic E-state index is 13.8. The minimum atomic E-state index is -0.0590. The van der Waals surface area contributed by atoms with Gasteiger partial charge < -0.3 is 4.90 Å². The second kappa shape index (κ2) is 8.93.